The predicted octanol–water partition coefficient (Wildman–Crippen LogP) is 5.71. The van der Waals surface area contributed by atoms with Gasteiger partial charge in [0.15, 0.2) is 5.78 Å². The van der Waals surface area contributed by atoms with E-state index in [9.17, 15) is 14.7 Å². The minimum atomic E-state index is -1.43. The molecule has 0 saturated carbocycles. The summed E-state index contributed by atoms with van der Waals surface area (Å²) in [6.45, 7) is 0. The van der Waals surface area contributed by atoms with E-state index < -0.39 is 17.3 Å². The van der Waals surface area contributed by atoms with Crippen LogP contribution in [0.15, 0.2) is 30.5 Å². The fourth-order valence-electron chi connectivity index (χ4n) is 2.44. The zero-order valence-electron chi connectivity index (χ0n) is 11.7. The minimum absolute atomic E-state index is 0.170. The molecule has 1 aromatic heterocycles. The van der Waals surface area contributed by atoms with Gasteiger partial charge in [0.2, 0.25) is 0 Å². The lowest BCUT2D eigenvalue weighted by Crippen LogP contribution is -2.12. The number of aromatic carboxylic acids is 1. The summed E-state index contributed by atoms with van der Waals surface area (Å²) in [5, 5.41) is 9.10. The molecule has 0 bridgehead atoms. The monoisotopic (exact) mass is 401 g/mol. The summed E-state index contributed by atoms with van der Waals surface area (Å²) in [4.78, 5) is 27.5. The average Bonchev–Trinajstić information content (AvgIpc) is 2.99. The van der Waals surface area contributed by atoms with Gasteiger partial charge in [-0.05, 0) is 6.07 Å². The van der Waals surface area contributed by atoms with Crippen LogP contribution in [0.3, 0.4) is 0 Å². The summed E-state index contributed by atoms with van der Waals surface area (Å²) < 4.78 is 0. The van der Waals surface area contributed by atoms with Crippen LogP contribution in [0.25, 0.3) is 10.9 Å². The summed E-state index contributed by atoms with van der Waals surface area (Å²) in [7, 11) is 0. The van der Waals surface area contributed by atoms with Gasteiger partial charge < -0.3 is 10.1 Å². The van der Waals surface area contributed by atoms with E-state index in [0.29, 0.717) is 5.39 Å². The Hall–Kier alpha value is -1.72. The molecule has 2 N–H and O–H groups in total. The molecular formula is C16H7Cl4NO3. The molecule has 0 amide bonds. The normalized spacial score (nSPS) is 11.0. The molecular weight excluding hydrogens is 396 g/mol. The van der Waals surface area contributed by atoms with Crippen molar-refractivity contribution < 1.29 is 14.7 Å². The average molecular weight is 403 g/mol. The number of nitrogens with one attached hydrogen (secondary N) is 1. The first kappa shape index (κ1) is 17.1. The zero-order valence-corrected chi connectivity index (χ0v) is 14.7. The summed E-state index contributed by atoms with van der Waals surface area (Å²) in [5.74, 6) is -2.04. The smallest absolute Gasteiger partial charge is 0.338 e. The van der Waals surface area contributed by atoms with Gasteiger partial charge in [0.1, 0.15) is 0 Å². The number of halogens is 4. The van der Waals surface area contributed by atoms with Crippen LogP contribution in [0.5, 0.6) is 0 Å². The third-order valence-electron chi connectivity index (χ3n) is 3.54. The molecule has 0 spiro atoms. The number of H-pyrrole nitrogens is 1. The van der Waals surface area contributed by atoms with E-state index in [1.54, 1.807) is 24.3 Å². The number of para-hydroxylation sites is 1. The number of hydrogen-bond donors (Lipinski definition) is 2. The summed E-state index contributed by atoms with van der Waals surface area (Å²) in [5.41, 5.74) is 0.198. The van der Waals surface area contributed by atoms with Crippen LogP contribution in [0.2, 0.25) is 20.1 Å². The number of benzene rings is 2. The molecule has 3 aromatic rings. The van der Waals surface area contributed by atoms with Crippen LogP contribution in [0, 0.1) is 0 Å². The molecule has 24 heavy (non-hydrogen) atoms. The van der Waals surface area contributed by atoms with Gasteiger partial charge in [-0.1, -0.05) is 64.6 Å². The Kier molecular flexibility index (Phi) is 4.49. The van der Waals surface area contributed by atoms with Gasteiger partial charge in [0.25, 0.3) is 0 Å². The summed E-state index contributed by atoms with van der Waals surface area (Å²) in [6.07, 6.45) is 1.48. The Morgan fingerprint density at radius 3 is 2.08 bits per heavy atom. The number of hydrogen-bond acceptors (Lipinski definition) is 2. The molecule has 0 aliphatic carbocycles. The third kappa shape index (κ3) is 2.56. The van der Waals surface area contributed by atoms with E-state index in [1.807, 2.05) is 0 Å². The van der Waals surface area contributed by atoms with Gasteiger partial charge in [-0.2, -0.15) is 0 Å². The number of ketones is 1. The molecule has 0 fully saturated rings. The minimum Gasteiger partial charge on any atom is -0.478 e. The number of carboxylic acids is 1. The lowest BCUT2D eigenvalue weighted by atomic mass is 9.97. The first-order valence-corrected chi connectivity index (χ1v) is 8.05. The second-order valence-corrected chi connectivity index (χ2v) is 6.40. The number of carboxylic acid groups (broad SMARTS) is 1. The number of rotatable bonds is 3. The molecule has 0 radical (unpaired) electrons. The third-order valence-corrected chi connectivity index (χ3v) is 5.34. The Morgan fingerprint density at radius 2 is 1.46 bits per heavy atom. The fourth-order valence-corrected chi connectivity index (χ4v) is 3.46. The van der Waals surface area contributed by atoms with E-state index in [4.69, 9.17) is 46.4 Å². The first-order chi connectivity index (χ1) is 11.3. The molecule has 4 nitrogen and oxygen atoms in total. The van der Waals surface area contributed by atoms with E-state index in [2.05, 4.69) is 4.98 Å². The van der Waals surface area contributed by atoms with Gasteiger partial charge in [-0.25, -0.2) is 4.79 Å². The van der Waals surface area contributed by atoms with Crippen molar-refractivity contribution in [3.8, 4) is 0 Å². The van der Waals surface area contributed by atoms with Crippen LogP contribution in [0.4, 0.5) is 0 Å². The van der Waals surface area contributed by atoms with Crippen molar-refractivity contribution in [2.45, 2.75) is 0 Å². The second kappa shape index (κ2) is 6.30. The lowest BCUT2D eigenvalue weighted by molar-refractivity contribution is 0.0693. The predicted molar refractivity (Wildman–Crippen MR) is 95.2 cm³/mol. The highest BCUT2D eigenvalue weighted by molar-refractivity contribution is 6.54. The van der Waals surface area contributed by atoms with Crippen molar-refractivity contribution in [2.24, 2.45) is 0 Å². The van der Waals surface area contributed by atoms with Crippen molar-refractivity contribution in [1.29, 1.82) is 0 Å². The maximum absolute atomic E-state index is 13.0. The Bertz CT molecular complexity index is 1010. The molecule has 122 valence electrons. The Morgan fingerprint density at radius 1 is 0.875 bits per heavy atom. The Balaban J connectivity index is 2.33. The maximum atomic E-state index is 13.0. The second-order valence-electron chi connectivity index (χ2n) is 4.89. The molecule has 0 aliphatic heterocycles. The highest BCUT2D eigenvalue weighted by atomic mass is 35.5. The topological polar surface area (TPSA) is 70.2 Å². The van der Waals surface area contributed by atoms with Gasteiger partial charge in [0.05, 0.1) is 31.2 Å². The van der Waals surface area contributed by atoms with Crippen molar-refractivity contribution in [3.63, 3.8) is 0 Å². The van der Waals surface area contributed by atoms with Gasteiger partial charge in [0, 0.05) is 22.7 Å². The van der Waals surface area contributed by atoms with E-state index >= 15 is 0 Å². The van der Waals surface area contributed by atoms with Gasteiger partial charge in [-0.3, -0.25) is 4.79 Å². The van der Waals surface area contributed by atoms with Crippen molar-refractivity contribution in [2.75, 3.05) is 0 Å². The van der Waals surface area contributed by atoms with Crippen LogP contribution < -0.4 is 0 Å². The van der Waals surface area contributed by atoms with Crippen molar-refractivity contribution in [1.82, 2.24) is 4.98 Å². The van der Waals surface area contributed by atoms with E-state index in [0.717, 1.165) is 5.52 Å². The zero-order chi connectivity index (χ0) is 17.6. The van der Waals surface area contributed by atoms with Crippen LogP contribution in [-0.2, 0) is 0 Å². The van der Waals surface area contributed by atoms with Gasteiger partial charge >= 0.3 is 5.97 Å². The molecule has 0 saturated heterocycles. The van der Waals surface area contributed by atoms with Crippen LogP contribution in [-0.4, -0.2) is 21.8 Å². The lowest BCUT2D eigenvalue weighted by Gasteiger charge is -2.12. The molecule has 0 atom stereocenters. The number of carbonyl (C=O) groups excluding carboxylic acids is 1. The molecule has 0 unspecified atom stereocenters. The number of aromatic nitrogens is 1. The highest BCUT2D eigenvalue weighted by Crippen LogP contribution is 2.42. The van der Waals surface area contributed by atoms with Crippen molar-refractivity contribution >= 4 is 69.1 Å². The summed E-state index contributed by atoms with van der Waals surface area (Å²) in [6, 6.07) is 7.08. The van der Waals surface area contributed by atoms with Gasteiger partial charge in [-0.15, -0.1) is 0 Å². The standard InChI is InChI=1S/C16H7Cl4NO3/c17-11-9(10(16(23)24)12(18)14(20)13(11)19)15(22)7-5-21-8-4-2-1-3-6(7)8/h1-5,21H,(H,23,24). The van der Waals surface area contributed by atoms with Crippen LogP contribution in [0.1, 0.15) is 26.3 Å². The molecule has 0 aliphatic rings. The summed E-state index contributed by atoms with van der Waals surface area (Å²) >= 11 is 24.0. The van der Waals surface area contributed by atoms with Crippen molar-refractivity contribution in [3.05, 3.63) is 67.2 Å². The first-order valence-electron chi connectivity index (χ1n) is 6.54. The number of aromatic amines is 1. The molecule has 8 heteroatoms. The van der Waals surface area contributed by atoms with E-state index in [1.165, 1.54) is 6.20 Å². The molecule has 3 rings (SSSR count). The Labute approximate surface area is 155 Å². The highest BCUT2D eigenvalue weighted by Gasteiger charge is 2.30. The molecule has 1 heterocycles. The maximum Gasteiger partial charge on any atom is 0.338 e. The molecule has 2 aromatic carbocycles. The van der Waals surface area contributed by atoms with Crippen LogP contribution >= 0.6 is 46.4 Å². The number of carbonyl (C=O) groups is 2. The number of fused-ring (bicyclic) bond motifs is 1. The fraction of sp³-hybridized carbons (Fsp3) is 0. The van der Waals surface area contributed by atoms with E-state index in [-0.39, 0.29) is 31.2 Å². The SMILES string of the molecule is O=C(O)c1c(Cl)c(Cl)c(Cl)c(Cl)c1C(=O)c1c[nH]c2ccccc12. The largest absolute Gasteiger partial charge is 0.478 e. The quantitative estimate of drug-likeness (QED) is 0.334.